The summed E-state index contributed by atoms with van der Waals surface area (Å²) in [7, 11) is 0. The number of rotatable bonds is 3. The van der Waals surface area contributed by atoms with Crippen molar-refractivity contribution in [2.75, 3.05) is 0 Å². The van der Waals surface area contributed by atoms with E-state index in [4.69, 9.17) is 0 Å². The Morgan fingerprint density at radius 1 is 1.04 bits per heavy atom. The molecule has 1 aromatic rings. The molecule has 1 aromatic heterocycles. The molecule has 0 atom stereocenters. The van der Waals surface area contributed by atoms with E-state index in [1.54, 1.807) is 0 Å². The Labute approximate surface area is 144 Å². The van der Waals surface area contributed by atoms with Gasteiger partial charge in [-0.05, 0) is 87.3 Å². The van der Waals surface area contributed by atoms with E-state index in [0.29, 0.717) is 11.9 Å². The maximum absolute atomic E-state index is 13.0. The number of pyridine rings is 1. The monoisotopic (exact) mass is 325 g/mol. The van der Waals surface area contributed by atoms with Gasteiger partial charge in [-0.3, -0.25) is 14.8 Å². The molecule has 2 heterocycles. The predicted octanol–water partition coefficient (Wildman–Crippen LogP) is 3.24. The molecule has 24 heavy (non-hydrogen) atoms. The number of carbonyl (C=O) groups excluding carboxylic acids is 1. The van der Waals surface area contributed by atoms with Crippen molar-refractivity contribution in [3.05, 3.63) is 30.1 Å². The first-order valence-corrected chi connectivity index (χ1v) is 9.54. The van der Waals surface area contributed by atoms with Crippen molar-refractivity contribution in [3.63, 3.8) is 0 Å². The molecule has 0 unspecified atom stereocenters. The Bertz CT molecular complexity index is 628. The highest BCUT2D eigenvalue weighted by atomic mass is 16.2. The number of carbonyl (C=O) groups is 1. The van der Waals surface area contributed by atoms with Gasteiger partial charge in [-0.25, -0.2) is 0 Å². The summed E-state index contributed by atoms with van der Waals surface area (Å²) in [6.45, 7) is 4.95. The van der Waals surface area contributed by atoms with Gasteiger partial charge in [0, 0.05) is 18.9 Å². The first-order chi connectivity index (χ1) is 11.5. The van der Waals surface area contributed by atoms with Gasteiger partial charge in [0.1, 0.15) is 5.54 Å². The highest BCUT2D eigenvalue weighted by Crippen LogP contribution is 2.57. The first kappa shape index (κ1) is 14.9. The summed E-state index contributed by atoms with van der Waals surface area (Å²) in [5, 5.41) is 4.51. The zero-order chi connectivity index (χ0) is 16.5. The van der Waals surface area contributed by atoms with Crippen LogP contribution in [0.1, 0.15) is 51.5 Å². The fourth-order valence-electron chi connectivity index (χ4n) is 6.25. The predicted molar refractivity (Wildman–Crippen MR) is 91.5 cm³/mol. The molecule has 0 spiro atoms. The molecule has 0 N–H and O–H groups in total. The molecule has 6 rings (SSSR count). The SMILES string of the molecule is CC1(C)C(=O)N(C2C3CC4CC(C3)CC2C4)N1Cc1ccncc1. The van der Waals surface area contributed by atoms with Crippen molar-refractivity contribution < 1.29 is 4.79 Å². The van der Waals surface area contributed by atoms with Crippen molar-refractivity contribution in [1.82, 2.24) is 15.0 Å². The zero-order valence-electron chi connectivity index (χ0n) is 14.7. The van der Waals surface area contributed by atoms with Gasteiger partial charge >= 0.3 is 0 Å². The first-order valence-electron chi connectivity index (χ1n) is 9.54. The Kier molecular flexibility index (Phi) is 3.13. The lowest BCUT2D eigenvalue weighted by molar-refractivity contribution is -0.251. The number of nitrogens with zero attached hydrogens (tertiary/aromatic N) is 3. The fourth-order valence-corrected chi connectivity index (χ4v) is 6.25. The zero-order valence-corrected chi connectivity index (χ0v) is 14.7. The van der Waals surface area contributed by atoms with Crippen LogP contribution in [0.15, 0.2) is 24.5 Å². The van der Waals surface area contributed by atoms with Crippen molar-refractivity contribution >= 4 is 5.91 Å². The van der Waals surface area contributed by atoms with Crippen LogP contribution in [0.5, 0.6) is 0 Å². The van der Waals surface area contributed by atoms with Crippen molar-refractivity contribution in [1.29, 1.82) is 0 Å². The van der Waals surface area contributed by atoms with Crippen LogP contribution in [0.2, 0.25) is 0 Å². The van der Waals surface area contributed by atoms with Crippen LogP contribution >= 0.6 is 0 Å². The molecule has 1 saturated heterocycles. The number of amides is 1. The van der Waals surface area contributed by atoms with Crippen LogP contribution in [0.3, 0.4) is 0 Å². The standard InChI is InChI=1S/C20H27N3O/c1-20(2)19(24)23(22(20)12-13-3-5-21-6-4-13)18-16-8-14-7-15(10-16)11-17(18)9-14/h3-6,14-18H,7-12H2,1-2H3. The van der Waals surface area contributed by atoms with Crippen LogP contribution in [0.25, 0.3) is 0 Å². The lowest BCUT2D eigenvalue weighted by atomic mass is 9.53. The second-order valence-electron chi connectivity index (χ2n) is 9.04. The Balaban J connectivity index is 1.43. The van der Waals surface area contributed by atoms with Crippen LogP contribution in [-0.2, 0) is 11.3 Å². The summed E-state index contributed by atoms with van der Waals surface area (Å²) in [6.07, 6.45) is 10.6. The summed E-state index contributed by atoms with van der Waals surface area (Å²) < 4.78 is 0. The molecule has 1 amide bonds. The summed E-state index contributed by atoms with van der Waals surface area (Å²) in [5.41, 5.74) is 0.858. The average molecular weight is 325 g/mol. The lowest BCUT2D eigenvalue weighted by Gasteiger charge is -2.65. The third kappa shape index (κ3) is 2.01. The van der Waals surface area contributed by atoms with Crippen LogP contribution in [0, 0.1) is 23.7 Å². The molecule has 5 fully saturated rings. The minimum Gasteiger partial charge on any atom is -0.271 e. The largest absolute Gasteiger partial charge is 0.271 e. The minimum absolute atomic E-state index is 0.328. The van der Waals surface area contributed by atoms with Gasteiger partial charge in [0.15, 0.2) is 0 Å². The Morgan fingerprint density at radius 2 is 1.62 bits per heavy atom. The second-order valence-corrected chi connectivity index (χ2v) is 9.04. The maximum Gasteiger partial charge on any atom is 0.258 e. The summed E-state index contributed by atoms with van der Waals surface area (Å²) in [4.78, 5) is 17.1. The molecule has 0 aromatic carbocycles. The molecular formula is C20H27N3O. The lowest BCUT2D eigenvalue weighted by Crippen LogP contribution is -2.79. The Hall–Kier alpha value is -1.42. The van der Waals surface area contributed by atoms with Crippen LogP contribution < -0.4 is 0 Å². The minimum atomic E-state index is -0.377. The normalized spacial score (nSPS) is 40.0. The van der Waals surface area contributed by atoms with E-state index in [9.17, 15) is 4.79 Å². The van der Waals surface area contributed by atoms with Crippen LogP contribution in [-0.4, -0.2) is 32.5 Å². The number of hydrazine groups is 1. The number of hydrogen-bond acceptors (Lipinski definition) is 3. The van der Waals surface area contributed by atoms with Gasteiger partial charge in [-0.2, -0.15) is 5.01 Å². The third-order valence-electron chi connectivity index (χ3n) is 7.18. The van der Waals surface area contributed by atoms with E-state index in [2.05, 4.69) is 41.0 Å². The fraction of sp³-hybridized carbons (Fsp3) is 0.700. The van der Waals surface area contributed by atoms with E-state index in [-0.39, 0.29) is 5.54 Å². The van der Waals surface area contributed by atoms with Gasteiger partial charge in [-0.1, -0.05) is 0 Å². The van der Waals surface area contributed by atoms with E-state index in [1.807, 2.05) is 12.4 Å². The van der Waals surface area contributed by atoms with Gasteiger partial charge in [0.05, 0.1) is 6.04 Å². The molecular weight excluding hydrogens is 298 g/mol. The molecule has 1 aliphatic heterocycles. The average Bonchev–Trinajstić information content (AvgIpc) is 2.56. The molecule has 4 aliphatic carbocycles. The molecule has 5 aliphatic rings. The topological polar surface area (TPSA) is 36.4 Å². The quantitative estimate of drug-likeness (QED) is 0.856. The summed E-state index contributed by atoms with van der Waals surface area (Å²) in [5.74, 6) is 3.69. The number of aromatic nitrogens is 1. The highest BCUT2D eigenvalue weighted by molar-refractivity contribution is 5.90. The van der Waals surface area contributed by atoms with Crippen LogP contribution in [0.4, 0.5) is 0 Å². The van der Waals surface area contributed by atoms with Crippen molar-refractivity contribution in [2.45, 2.75) is 64.1 Å². The van der Waals surface area contributed by atoms with Crippen molar-refractivity contribution in [3.8, 4) is 0 Å². The van der Waals surface area contributed by atoms with E-state index < -0.39 is 0 Å². The maximum atomic E-state index is 13.0. The summed E-state index contributed by atoms with van der Waals surface area (Å²) >= 11 is 0. The number of hydrogen-bond donors (Lipinski definition) is 0. The van der Waals surface area contributed by atoms with Gasteiger partial charge in [0.25, 0.3) is 5.91 Å². The Morgan fingerprint density at radius 3 is 2.21 bits per heavy atom. The van der Waals surface area contributed by atoms with Gasteiger partial charge < -0.3 is 0 Å². The van der Waals surface area contributed by atoms with E-state index in [1.165, 1.54) is 37.7 Å². The third-order valence-corrected chi connectivity index (χ3v) is 7.18. The second kappa shape index (κ2) is 5.04. The van der Waals surface area contributed by atoms with E-state index in [0.717, 1.165) is 30.2 Å². The molecule has 4 bridgehead atoms. The smallest absolute Gasteiger partial charge is 0.258 e. The molecule has 4 heteroatoms. The van der Waals surface area contributed by atoms with Gasteiger partial charge in [0.2, 0.25) is 0 Å². The highest BCUT2D eigenvalue weighted by Gasteiger charge is 2.60. The molecule has 4 nitrogen and oxygen atoms in total. The molecule has 4 saturated carbocycles. The van der Waals surface area contributed by atoms with E-state index >= 15 is 0 Å². The van der Waals surface area contributed by atoms with Gasteiger partial charge in [-0.15, -0.1) is 0 Å². The van der Waals surface area contributed by atoms with Crippen molar-refractivity contribution in [2.24, 2.45) is 23.7 Å². The molecule has 128 valence electrons. The molecule has 0 radical (unpaired) electrons. The summed E-state index contributed by atoms with van der Waals surface area (Å²) in [6, 6.07) is 4.59.